The van der Waals surface area contributed by atoms with Crippen LogP contribution < -0.4 is 9.46 Å². The fourth-order valence-electron chi connectivity index (χ4n) is 3.70. The minimum atomic E-state index is -3.95. The molecule has 4 rings (SSSR count). The van der Waals surface area contributed by atoms with Gasteiger partial charge in [0.1, 0.15) is 5.75 Å². The second kappa shape index (κ2) is 9.47. The number of hydrazone groups is 1. The number of nitrogens with one attached hydrogen (secondary N) is 1. The Labute approximate surface area is 200 Å². The van der Waals surface area contributed by atoms with E-state index in [-0.39, 0.29) is 10.6 Å². The number of nitrogens with zero attached hydrogens (tertiary/aromatic N) is 2. The molecule has 0 bridgehead atoms. The molecule has 1 atom stereocenters. The van der Waals surface area contributed by atoms with Crippen LogP contribution in [0.5, 0.6) is 5.75 Å². The first kappa shape index (κ1) is 23.8. The smallest absolute Gasteiger partial charge is 0.279 e. The van der Waals surface area contributed by atoms with Crippen LogP contribution in [0.2, 0.25) is 0 Å². The van der Waals surface area contributed by atoms with Gasteiger partial charge in [-0.05, 0) is 54.4 Å². The van der Waals surface area contributed by atoms with Crippen LogP contribution >= 0.6 is 0 Å². The Morgan fingerprint density at radius 3 is 2.41 bits per heavy atom. The van der Waals surface area contributed by atoms with Crippen molar-refractivity contribution >= 4 is 31.4 Å². The fraction of sp³-hybridized carbons (Fsp3) is 0.208. The molecule has 1 N–H and O–H groups in total. The first-order valence-electron chi connectivity index (χ1n) is 10.7. The number of sulfonamides is 2. The number of hydrogen-bond acceptors (Lipinski definition) is 6. The summed E-state index contributed by atoms with van der Waals surface area (Å²) < 4.78 is 60.1. The highest BCUT2D eigenvalue weighted by atomic mass is 32.2. The summed E-state index contributed by atoms with van der Waals surface area (Å²) in [6, 6.07) is 21.6. The van der Waals surface area contributed by atoms with E-state index in [0.29, 0.717) is 29.1 Å². The maximum atomic E-state index is 13.5. The summed E-state index contributed by atoms with van der Waals surface area (Å²) in [4.78, 5) is 0.136. The molecule has 0 aromatic heterocycles. The summed E-state index contributed by atoms with van der Waals surface area (Å²) in [6.07, 6.45) is 0.309. The fourth-order valence-corrected chi connectivity index (χ4v) is 5.78. The summed E-state index contributed by atoms with van der Waals surface area (Å²) in [5, 5.41) is 4.52. The van der Waals surface area contributed by atoms with E-state index >= 15 is 0 Å². The van der Waals surface area contributed by atoms with E-state index in [1.54, 1.807) is 74.7 Å². The van der Waals surface area contributed by atoms with Crippen molar-refractivity contribution in [1.82, 2.24) is 4.41 Å². The molecule has 0 fully saturated rings. The third kappa shape index (κ3) is 4.92. The van der Waals surface area contributed by atoms with Crippen molar-refractivity contribution < 1.29 is 21.6 Å². The van der Waals surface area contributed by atoms with E-state index in [2.05, 4.69) is 9.82 Å². The number of anilines is 1. The van der Waals surface area contributed by atoms with Gasteiger partial charge in [0.05, 0.1) is 29.5 Å². The van der Waals surface area contributed by atoms with Crippen molar-refractivity contribution in [1.29, 1.82) is 0 Å². The van der Waals surface area contributed by atoms with Crippen molar-refractivity contribution in [3.05, 3.63) is 90.0 Å². The van der Waals surface area contributed by atoms with E-state index in [1.165, 1.54) is 12.1 Å². The number of hydrogen-bond donors (Lipinski definition) is 1. The van der Waals surface area contributed by atoms with E-state index in [4.69, 9.17) is 4.74 Å². The molecule has 0 spiro atoms. The van der Waals surface area contributed by atoms with Crippen LogP contribution in [0.4, 0.5) is 5.69 Å². The Bertz CT molecular complexity index is 1420. The minimum Gasteiger partial charge on any atom is -0.497 e. The van der Waals surface area contributed by atoms with Crippen LogP contribution in [0.1, 0.15) is 30.5 Å². The van der Waals surface area contributed by atoms with Crippen molar-refractivity contribution in [2.75, 3.05) is 17.6 Å². The van der Waals surface area contributed by atoms with Gasteiger partial charge >= 0.3 is 0 Å². The van der Waals surface area contributed by atoms with E-state index in [1.807, 2.05) is 6.07 Å². The molecule has 0 saturated carbocycles. The van der Waals surface area contributed by atoms with E-state index in [9.17, 15) is 16.8 Å². The molecule has 1 heterocycles. The number of ether oxygens (including phenoxy) is 1. The van der Waals surface area contributed by atoms with Crippen molar-refractivity contribution in [2.24, 2.45) is 5.10 Å². The molecule has 0 amide bonds. The topological polar surface area (TPSA) is 105 Å². The molecular weight excluding hydrogens is 474 g/mol. The zero-order valence-corrected chi connectivity index (χ0v) is 20.4. The van der Waals surface area contributed by atoms with Gasteiger partial charge in [-0.3, -0.25) is 4.72 Å². The summed E-state index contributed by atoms with van der Waals surface area (Å²) >= 11 is 0. The molecule has 0 aliphatic carbocycles. The average Bonchev–Trinajstić information content (AvgIpc) is 3.31. The molecule has 1 aliphatic heterocycles. The summed E-state index contributed by atoms with van der Waals surface area (Å²) in [7, 11) is -5.85. The van der Waals surface area contributed by atoms with Crippen LogP contribution in [0, 0.1) is 0 Å². The lowest BCUT2D eigenvalue weighted by Crippen LogP contribution is -2.27. The zero-order chi connectivity index (χ0) is 24.3. The third-order valence-electron chi connectivity index (χ3n) is 5.49. The van der Waals surface area contributed by atoms with Gasteiger partial charge in [-0.15, -0.1) is 0 Å². The lowest BCUT2D eigenvalue weighted by molar-refractivity contribution is 0.368. The first-order valence-corrected chi connectivity index (χ1v) is 13.7. The standard InChI is InChI=1S/C24H25N3O5S2/c1-3-33(28,29)26-20-11-7-9-18(15-20)23-17-24(19-10-8-12-21(16-19)32-2)27(25-23)34(30,31)22-13-5-4-6-14-22/h4-16,24,26H,3,17H2,1-2H3/t24-/m0/s1. The number of methoxy groups -OCH3 is 1. The van der Waals surface area contributed by atoms with Crippen molar-refractivity contribution in [3.8, 4) is 5.75 Å². The van der Waals surface area contributed by atoms with Crippen LogP contribution in [0.3, 0.4) is 0 Å². The lowest BCUT2D eigenvalue weighted by Gasteiger charge is -2.23. The van der Waals surface area contributed by atoms with Crippen molar-refractivity contribution in [2.45, 2.75) is 24.3 Å². The van der Waals surface area contributed by atoms with Crippen LogP contribution in [-0.2, 0) is 20.0 Å². The van der Waals surface area contributed by atoms with Gasteiger partial charge < -0.3 is 4.74 Å². The van der Waals surface area contributed by atoms with Gasteiger partial charge in [-0.2, -0.15) is 17.9 Å². The van der Waals surface area contributed by atoms with E-state index < -0.39 is 26.1 Å². The van der Waals surface area contributed by atoms with Crippen molar-refractivity contribution in [3.63, 3.8) is 0 Å². The summed E-state index contributed by atoms with van der Waals surface area (Å²) in [5.74, 6) is 0.554. The molecule has 0 radical (unpaired) electrons. The Hall–Kier alpha value is -3.37. The second-order valence-electron chi connectivity index (χ2n) is 7.72. The highest BCUT2D eigenvalue weighted by Crippen LogP contribution is 2.38. The van der Waals surface area contributed by atoms with Crippen LogP contribution in [0.15, 0.2) is 88.9 Å². The molecule has 8 nitrogen and oxygen atoms in total. The van der Waals surface area contributed by atoms with E-state index in [0.717, 1.165) is 9.98 Å². The highest BCUT2D eigenvalue weighted by Gasteiger charge is 2.38. The van der Waals surface area contributed by atoms with Gasteiger partial charge in [0.15, 0.2) is 0 Å². The molecule has 0 saturated heterocycles. The quantitative estimate of drug-likeness (QED) is 0.504. The predicted molar refractivity (Wildman–Crippen MR) is 132 cm³/mol. The highest BCUT2D eigenvalue weighted by molar-refractivity contribution is 7.92. The summed E-state index contributed by atoms with van der Waals surface area (Å²) in [6.45, 7) is 1.55. The average molecular weight is 500 g/mol. The molecule has 3 aromatic rings. The van der Waals surface area contributed by atoms with Gasteiger partial charge in [-0.1, -0.05) is 42.5 Å². The zero-order valence-electron chi connectivity index (χ0n) is 18.7. The van der Waals surface area contributed by atoms with Crippen LogP contribution in [-0.4, -0.2) is 39.8 Å². The SMILES string of the molecule is CCS(=O)(=O)Nc1cccc(C2=NN(S(=O)(=O)c3ccccc3)[C@H](c3cccc(OC)c3)C2)c1. The first-order chi connectivity index (χ1) is 16.2. The number of rotatable bonds is 8. The Balaban J connectivity index is 1.77. The molecule has 34 heavy (non-hydrogen) atoms. The third-order valence-corrected chi connectivity index (χ3v) is 8.49. The molecule has 10 heteroatoms. The Kier molecular flexibility index (Phi) is 6.63. The van der Waals surface area contributed by atoms with Gasteiger partial charge in [-0.25, -0.2) is 8.42 Å². The number of benzene rings is 3. The van der Waals surface area contributed by atoms with Gasteiger partial charge in [0.25, 0.3) is 10.0 Å². The van der Waals surface area contributed by atoms with Gasteiger partial charge in [0.2, 0.25) is 10.0 Å². The molecular formula is C24H25N3O5S2. The monoisotopic (exact) mass is 499 g/mol. The molecule has 3 aromatic carbocycles. The second-order valence-corrected chi connectivity index (χ2v) is 11.5. The Morgan fingerprint density at radius 1 is 0.971 bits per heavy atom. The maximum Gasteiger partial charge on any atom is 0.279 e. The Morgan fingerprint density at radius 2 is 1.71 bits per heavy atom. The predicted octanol–water partition coefficient (Wildman–Crippen LogP) is 4.00. The normalized spacial score (nSPS) is 16.2. The maximum absolute atomic E-state index is 13.5. The van der Waals surface area contributed by atoms with Crippen LogP contribution in [0.25, 0.3) is 0 Å². The molecule has 178 valence electrons. The van der Waals surface area contributed by atoms with Gasteiger partial charge in [0, 0.05) is 12.1 Å². The largest absolute Gasteiger partial charge is 0.497 e. The molecule has 1 aliphatic rings. The summed E-state index contributed by atoms with van der Waals surface area (Å²) in [5.41, 5.74) is 2.30. The minimum absolute atomic E-state index is 0.0564. The lowest BCUT2D eigenvalue weighted by atomic mass is 9.99. The molecule has 0 unspecified atom stereocenters.